The summed E-state index contributed by atoms with van der Waals surface area (Å²) < 4.78 is 13.5. The molecule has 0 saturated carbocycles. The van der Waals surface area contributed by atoms with Gasteiger partial charge < -0.3 is 10.6 Å². The number of carbonyl (C=O) groups excluding carboxylic acids is 1. The largest absolute Gasteiger partial charge is 0.354 e. The van der Waals surface area contributed by atoms with Crippen molar-refractivity contribution in [1.82, 2.24) is 9.97 Å². The molecule has 1 aromatic heterocycles. The van der Waals surface area contributed by atoms with Crippen LogP contribution in [0, 0.1) is 5.82 Å². The Bertz CT molecular complexity index is 633. The number of rotatable bonds is 7. The van der Waals surface area contributed by atoms with Crippen LogP contribution in [0.2, 0.25) is 0 Å². The van der Waals surface area contributed by atoms with E-state index < -0.39 is 11.7 Å². The van der Waals surface area contributed by atoms with Crippen molar-refractivity contribution in [2.24, 2.45) is 0 Å². The minimum Gasteiger partial charge on any atom is -0.354 e. The van der Waals surface area contributed by atoms with Crippen molar-refractivity contribution in [3.8, 4) is 0 Å². The van der Waals surface area contributed by atoms with E-state index in [1.54, 1.807) is 12.1 Å². The minimum atomic E-state index is -0.483. The van der Waals surface area contributed by atoms with Crippen LogP contribution in [0.4, 0.5) is 16.0 Å². The van der Waals surface area contributed by atoms with Gasteiger partial charge in [-0.3, -0.25) is 4.79 Å². The summed E-state index contributed by atoms with van der Waals surface area (Å²) in [6.45, 7) is 2.89. The molecule has 0 spiro atoms. The van der Waals surface area contributed by atoms with E-state index in [0.717, 1.165) is 25.8 Å². The third-order valence-corrected chi connectivity index (χ3v) is 3.07. The predicted molar refractivity (Wildman–Crippen MR) is 84.4 cm³/mol. The average Bonchev–Trinajstić information content (AvgIpc) is 2.54. The first-order chi connectivity index (χ1) is 10.7. The van der Waals surface area contributed by atoms with Gasteiger partial charge in [-0.15, -0.1) is 0 Å². The van der Waals surface area contributed by atoms with Crippen LogP contribution in [-0.4, -0.2) is 22.4 Å². The number of hydrogen-bond acceptors (Lipinski definition) is 4. The second-order valence-electron chi connectivity index (χ2n) is 4.83. The van der Waals surface area contributed by atoms with Crippen molar-refractivity contribution >= 4 is 17.5 Å². The van der Waals surface area contributed by atoms with Gasteiger partial charge in [0.15, 0.2) is 0 Å². The molecule has 0 unspecified atom stereocenters. The van der Waals surface area contributed by atoms with Gasteiger partial charge in [0, 0.05) is 12.7 Å². The summed E-state index contributed by atoms with van der Waals surface area (Å²) in [7, 11) is 0. The molecular weight excluding hydrogens is 283 g/mol. The molecule has 0 saturated heterocycles. The SMILES string of the molecule is CCCCCNc1nccc(C(=O)Nc2ccccc2F)n1. The van der Waals surface area contributed by atoms with E-state index in [1.165, 1.54) is 24.4 Å². The molecule has 6 heteroatoms. The van der Waals surface area contributed by atoms with Crippen molar-refractivity contribution in [3.63, 3.8) is 0 Å². The summed E-state index contributed by atoms with van der Waals surface area (Å²) >= 11 is 0. The fraction of sp³-hybridized carbons (Fsp3) is 0.312. The zero-order chi connectivity index (χ0) is 15.8. The second kappa shape index (κ2) is 8.07. The first-order valence-corrected chi connectivity index (χ1v) is 7.33. The third kappa shape index (κ3) is 4.51. The highest BCUT2D eigenvalue weighted by Gasteiger charge is 2.11. The van der Waals surface area contributed by atoms with Gasteiger partial charge in [0.2, 0.25) is 5.95 Å². The number of benzene rings is 1. The molecule has 1 amide bonds. The lowest BCUT2D eigenvalue weighted by Crippen LogP contribution is -2.16. The summed E-state index contributed by atoms with van der Waals surface area (Å²) in [5.74, 6) is -0.552. The van der Waals surface area contributed by atoms with Crippen molar-refractivity contribution in [2.75, 3.05) is 17.2 Å². The number of carbonyl (C=O) groups is 1. The highest BCUT2D eigenvalue weighted by Crippen LogP contribution is 2.13. The highest BCUT2D eigenvalue weighted by atomic mass is 19.1. The fourth-order valence-corrected chi connectivity index (χ4v) is 1.89. The van der Waals surface area contributed by atoms with Crippen molar-refractivity contribution in [3.05, 3.63) is 48.0 Å². The Morgan fingerprint density at radius 1 is 1.23 bits per heavy atom. The van der Waals surface area contributed by atoms with E-state index in [1.807, 2.05) is 0 Å². The molecule has 116 valence electrons. The normalized spacial score (nSPS) is 10.3. The molecule has 2 N–H and O–H groups in total. The van der Waals surface area contributed by atoms with E-state index >= 15 is 0 Å². The van der Waals surface area contributed by atoms with Gasteiger partial charge in [0.05, 0.1) is 5.69 Å². The van der Waals surface area contributed by atoms with Crippen LogP contribution < -0.4 is 10.6 Å². The van der Waals surface area contributed by atoms with Crippen LogP contribution in [0.3, 0.4) is 0 Å². The molecule has 0 bridgehead atoms. The molecule has 22 heavy (non-hydrogen) atoms. The topological polar surface area (TPSA) is 66.9 Å². The van der Waals surface area contributed by atoms with E-state index in [-0.39, 0.29) is 11.4 Å². The van der Waals surface area contributed by atoms with E-state index in [0.29, 0.717) is 5.95 Å². The Hall–Kier alpha value is -2.50. The molecular formula is C16H19FN4O. The fourth-order valence-electron chi connectivity index (χ4n) is 1.89. The standard InChI is InChI=1S/C16H19FN4O/c1-2-3-6-10-18-16-19-11-9-14(21-16)15(22)20-13-8-5-4-7-12(13)17/h4-5,7-9,11H,2-3,6,10H2,1H3,(H,20,22)(H,18,19,21). The zero-order valence-electron chi connectivity index (χ0n) is 12.5. The van der Waals surface area contributed by atoms with E-state index in [4.69, 9.17) is 0 Å². The van der Waals surface area contributed by atoms with Gasteiger partial charge in [-0.25, -0.2) is 14.4 Å². The molecule has 1 heterocycles. The summed E-state index contributed by atoms with van der Waals surface area (Å²) in [6.07, 6.45) is 4.78. The maximum atomic E-state index is 13.5. The molecule has 0 fully saturated rings. The smallest absolute Gasteiger partial charge is 0.274 e. The van der Waals surface area contributed by atoms with E-state index in [2.05, 4.69) is 27.5 Å². The second-order valence-corrected chi connectivity index (χ2v) is 4.83. The lowest BCUT2D eigenvalue weighted by molar-refractivity contribution is 0.102. The van der Waals surface area contributed by atoms with Crippen LogP contribution in [0.5, 0.6) is 0 Å². The molecule has 0 atom stereocenters. The van der Waals surface area contributed by atoms with Gasteiger partial charge >= 0.3 is 0 Å². The summed E-state index contributed by atoms with van der Waals surface area (Å²) in [5.41, 5.74) is 0.319. The van der Waals surface area contributed by atoms with Gasteiger partial charge in [-0.1, -0.05) is 31.9 Å². The number of nitrogens with one attached hydrogen (secondary N) is 2. The summed E-state index contributed by atoms with van der Waals surface area (Å²) in [5, 5.41) is 5.57. The third-order valence-electron chi connectivity index (χ3n) is 3.07. The molecule has 5 nitrogen and oxygen atoms in total. The Balaban J connectivity index is 1.99. The summed E-state index contributed by atoms with van der Waals surface area (Å²) in [6, 6.07) is 7.50. The van der Waals surface area contributed by atoms with Gasteiger partial charge in [0.1, 0.15) is 11.5 Å². The average molecular weight is 302 g/mol. The molecule has 2 aromatic rings. The summed E-state index contributed by atoms with van der Waals surface area (Å²) in [4.78, 5) is 20.3. The van der Waals surface area contributed by atoms with Crippen molar-refractivity contribution in [1.29, 1.82) is 0 Å². The molecule has 0 radical (unpaired) electrons. The lowest BCUT2D eigenvalue weighted by atomic mass is 10.2. The minimum absolute atomic E-state index is 0.128. The van der Waals surface area contributed by atoms with E-state index in [9.17, 15) is 9.18 Å². The zero-order valence-corrected chi connectivity index (χ0v) is 12.5. The Morgan fingerprint density at radius 2 is 2.05 bits per heavy atom. The monoisotopic (exact) mass is 302 g/mol. The molecule has 0 aliphatic heterocycles. The predicted octanol–water partition coefficient (Wildman–Crippen LogP) is 3.47. The first kappa shape index (κ1) is 15.9. The van der Waals surface area contributed by atoms with Gasteiger partial charge in [-0.2, -0.15) is 0 Å². The van der Waals surface area contributed by atoms with Gasteiger partial charge in [-0.05, 0) is 24.6 Å². The van der Waals surface area contributed by atoms with Crippen molar-refractivity contribution in [2.45, 2.75) is 26.2 Å². The van der Waals surface area contributed by atoms with Crippen LogP contribution in [-0.2, 0) is 0 Å². The maximum absolute atomic E-state index is 13.5. The Labute approximate surface area is 129 Å². The van der Waals surface area contributed by atoms with Crippen LogP contribution in [0.25, 0.3) is 0 Å². The highest BCUT2D eigenvalue weighted by molar-refractivity contribution is 6.03. The molecule has 2 rings (SSSR count). The number of nitrogens with zero attached hydrogens (tertiary/aromatic N) is 2. The Kier molecular flexibility index (Phi) is 5.82. The molecule has 0 aliphatic carbocycles. The molecule has 1 aromatic carbocycles. The number of hydrogen-bond donors (Lipinski definition) is 2. The number of amides is 1. The van der Waals surface area contributed by atoms with Gasteiger partial charge in [0.25, 0.3) is 5.91 Å². The number of unbranched alkanes of at least 4 members (excludes halogenated alkanes) is 2. The molecule has 0 aliphatic rings. The number of halogens is 1. The van der Waals surface area contributed by atoms with Crippen molar-refractivity contribution < 1.29 is 9.18 Å². The maximum Gasteiger partial charge on any atom is 0.274 e. The Morgan fingerprint density at radius 3 is 2.82 bits per heavy atom. The van der Waals surface area contributed by atoms with Crippen LogP contribution in [0.15, 0.2) is 36.5 Å². The van der Waals surface area contributed by atoms with Crippen LogP contribution >= 0.6 is 0 Å². The quantitative estimate of drug-likeness (QED) is 0.769. The lowest BCUT2D eigenvalue weighted by Gasteiger charge is -2.07. The van der Waals surface area contributed by atoms with Crippen LogP contribution in [0.1, 0.15) is 36.7 Å². The number of para-hydroxylation sites is 1. The first-order valence-electron chi connectivity index (χ1n) is 7.33. The number of aromatic nitrogens is 2. The number of anilines is 2.